The van der Waals surface area contributed by atoms with Gasteiger partial charge < -0.3 is 35.2 Å². The zero-order valence-electron chi connectivity index (χ0n) is 30.4. The number of rotatable bonds is 14. The molecule has 2 aliphatic heterocycles. The quantitative estimate of drug-likeness (QED) is 0.195. The van der Waals surface area contributed by atoms with E-state index in [0.717, 1.165) is 5.56 Å². The Kier molecular flexibility index (Phi) is 12.7. The lowest BCUT2D eigenvalue weighted by Gasteiger charge is -2.39. The molecule has 1 aliphatic carbocycles. The first kappa shape index (κ1) is 39.1. The highest BCUT2D eigenvalue weighted by molar-refractivity contribution is 6.38. The van der Waals surface area contributed by atoms with E-state index in [9.17, 15) is 28.8 Å². The number of ether oxygens (including phenoxy) is 2. The number of amides is 5. The lowest BCUT2D eigenvalue weighted by Crippen LogP contribution is -2.60. The number of alkyl carbamates (subject to hydrolysis) is 1. The molecule has 278 valence electrons. The van der Waals surface area contributed by atoms with E-state index in [0.29, 0.717) is 32.4 Å². The van der Waals surface area contributed by atoms with Crippen LogP contribution in [-0.2, 0) is 35.3 Å². The number of benzene rings is 1. The van der Waals surface area contributed by atoms with Crippen molar-refractivity contribution in [2.45, 2.75) is 90.6 Å². The van der Waals surface area contributed by atoms with Crippen LogP contribution in [-0.4, -0.2) is 95.4 Å². The second kappa shape index (κ2) is 16.6. The highest BCUT2D eigenvalue weighted by Gasteiger charge is 2.69. The van der Waals surface area contributed by atoms with Gasteiger partial charge in [-0.1, -0.05) is 56.3 Å². The van der Waals surface area contributed by atoms with Crippen molar-refractivity contribution in [3.63, 3.8) is 0 Å². The third-order valence-corrected chi connectivity index (χ3v) is 10.1. The van der Waals surface area contributed by atoms with Crippen LogP contribution in [0.3, 0.4) is 0 Å². The number of hydrogen-bond acceptors (Lipinski definition) is 8. The minimum atomic E-state index is -1.13. The molecule has 0 spiro atoms. The van der Waals surface area contributed by atoms with Crippen molar-refractivity contribution in [2.24, 2.45) is 23.2 Å². The summed E-state index contributed by atoms with van der Waals surface area (Å²) in [5.74, 6) is -3.14. The first-order valence-corrected chi connectivity index (χ1v) is 17.7. The Morgan fingerprint density at radius 3 is 2.27 bits per heavy atom. The summed E-state index contributed by atoms with van der Waals surface area (Å²) in [5, 5.41) is 8.04. The second-order valence-corrected chi connectivity index (χ2v) is 15.2. The van der Waals surface area contributed by atoms with E-state index in [2.05, 4.69) is 29.1 Å². The van der Waals surface area contributed by atoms with Gasteiger partial charge in [-0.15, -0.1) is 13.2 Å². The molecule has 2 saturated heterocycles. The number of nitrogens with zero attached hydrogens (tertiary/aromatic N) is 2. The average Bonchev–Trinajstić information content (AvgIpc) is 3.39. The fourth-order valence-corrected chi connectivity index (χ4v) is 7.25. The van der Waals surface area contributed by atoms with Gasteiger partial charge in [0.2, 0.25) is 17.6 Å². The highest BCUT2D eigenvalue weighted by atomic mass is 16.6. The van der Waals surface area contributed by atoms with Gasteiger partial charge >= 0.3 is 12.2 Å². The zero-order valence-corrected chi connectivity index (χ0v) is 30.4. The molecule has 3 fully saturated rings. The molecule has 1 aromatic rings. The van der Waals surface area contributed by atoms with Crippen LogP contribution in [0.5, 0.6) is 0 Å². The molecule has 0 bridgehead atoms. The third-order valence-electron chi connectivity index (χ3n) is 10.1. The lowest BCUT2D eigenvalue weighted by atomic mass is 9.88. The first-order valence-electron chi connectivity index (χ1n) is 17.7. The minimum absolute atomic E-state index is 0.0267. The summed E-state index contributed by atoms with van der Waals surface area (Å²) in [5.41, 5.74) is -0.193. The normalized spacial score (nSPS) is 22.0. The molecule has 2 heterocycles. The summed E-state index contributed by atoms with van der Waals surface area (Å²) in [6.45, 7) is 17.6. The molecule has 13 nitrogen and oxygen atoms in total. The SMILES string of the molecule is C=CCCC(NC(=O)[C@@H]1[C@@H]2[C@H](CN1C(=O)C(NC(=O)OC(C)(C)C)C1CCN(C(=O)OCc3ccccc3)CC1)C2(C)C)C(=O)C(=O)NCC=C. The number of Topliss-reactive ketones (excluding diaryl/α,β-unsaturated/α-hetero) is 1. The van der Waals surface area contributed by atoms with E-state index < -0.39 is 59.4 Å². The first-order chi connectivity index (χ1) is 24.1. The fraction of sp³-hybridized carbons (Fsp3) is 0.579. The summed E-state index contributed by atoms with van der Waals surface area (Å²) in [4.78, 5) is 83.4. The number of likely N-dealkylation sites (tertiary alicyclic amines) is 2. The third kappa shape index (κ3) is 9.77. The number of allylic oxidation sites excluding steroid dienone is 1. The van der Waals surface area contributed by atoms with Gasteiger partial charge in [0.05, 0.1) is 6.04 Å². The van der Waals surface area contributed by atoms with Crippen molar-refractivity contribution in [3.8, 4) is 0 Å². The summed E-state index contributed by atoms with van der Waals surface area (Å²) in [6, 6.07) is 6.27. The van der Waals surface area contributed by atoms with Crippen LogP contribution in [0.25, 0.3) is 0 Å². The predicted molar refractivity (Wildman–Crippen MR) is 190 cm³/mol. The van der Waals surface area contributed by atoms with Gasteiger partial charge in [-0.25, -0.2) is 9.59 Å². The van der Waals surface area contributed by atoms with Crippen LogP contribution in [0, 0.1) is 23.2 Å². The van der Waals surface area contributed by atoms with Crippen molar-refractivity contribution in [1.29, 1.82) is 0 Å². The molecule has 0 aromatic heterocycles. The molecule has 4 rings (SSSR count). The van der Waals surface area contributed by atoms with Gasteiger partial charge in [-0.3, -0.25) is 19.2 Å². The molecule has 0 radical (unpaired) electrons. The van der Waals surface area contributed by atoms with Gasteiger partial charge in [-0.05, 0) is 75.2 Å². The lowest BCUT2D eigenvalue weighted by molar-refractivity contribution is -0.145. The van der Waals surface area contributed by atoms with Gasteiger partial charge in [0.1, 0.15) is 24.3 Å². The van der Waals surface area contributed by atoms with Gasteiger partial charge in [0, 0.05) is 26.2 Å². The van der Waals surface area contributed by atoms with Crippen molar-refractivity contribution in [1.82, 2.24) is 25.8 Å². The van der Waals surface area contributed by atoms with Crippen LogP contribution < -0.4 is 16.0 Å². The molecule has 2 unspecified atom stereocenters. The summed E-state index contributed by atoms with van der Waals surface area (Å²) in [6.07, 6.45) is 3.14. The van der Waals surface area contributed by atoms with Crippen LogP contribution in [0.4, 0.5) is 9.59 Å². The maximum Gasteiger partial charge on any atom is 0.410 e. The predicted octanol–water partition coefficient (Wildman–Crippen LogP) is 3.73. The molecule has 1 aromatic carbocycles. The monoisotopic (exact) mass is 707 g/mol. The van der Waals surface area contributed by atoms with E-state index >= 15 is 0 Å². The van der Waals surface area contributed by atoms with Crippen LogP contribution in [0.2, 0.25) is 0 Å². The molecule has 5 amide bonds. The Hall–Kier alpha value is -4.68. The van der Waals surface area contributed by atoms with E-state index in [1.54, 1.807) is 31.7 Å². The standard InChI is InChI=1S/C38H53N5O8/c1-8-10-16-27(31(44)33(46)39-19-9-2)40-32(45)30-28-26(38(28,6)7)22-43(30)34(47)29(41-35(48)51-37(3,4)5)25-17-20-42(21-18-25)36(49)50-23-24-14-12-11-13-15-24/h8-9,11-15,25-30H,1-2,10,16-23H2,3-7H3,(H,39,46)(H,40,45)(H,41,48)/t26-,27?,28-,29?,30-/m0/s1. The number of hydrogen-bond donors (Lipinski definition) is 3. The Bertz CT molecular complexity index is 1480. The average molecular weight is 708 g/mol. The van der Waals surface area contributed by atoms with Gasteiger partial charge in [0.25, 0.3) is 5.91 Å². The maximum absolute atomic E-state index is 14.5. The van der Waals surface area contributed by atoms with Gasteiger partial charge in [-0.2, -0.15) is 0 Å². The molecular formula is C38H53N5O8. The summed E-state index contributed by atoms with van der Waals surface area (Å²) >= 11 is 0. The molecular weight excluding hydrogens is 654 g/mol. The summed E-state index contributed by atoms with van der Waals surface area (Å²) in [7, 11) is 0. The number of ketones is 1. The molecule has 1 saturated carbocycles. The molecule has 5 atom stereocenters. The highest BCUT2D eigenvalue weighted by Crippen LogP contribution is 2.65. The topological polar surface area (TPSA) is 163 Å². The number of nitrogens with one attached hydrogen (secondary N) is 3. The molecule has 13 heteroatoms. The second-order valence-electron chi connectivity index (χ2n) is 15.2. The van der Waals surface area contributed by atoms with E-state index in [1.807, 2.05) is 44.2 Å². The van der Waals surface area contributed by atoms with Crippen molar-refractivity contribution < 1.29 is 38.2 Å². The number of fused-ring (bicyclic) bond motifs is 1. The Balaban J connectivity index is 1.52. The number of carbonyl (C=O) groups excluding carboxylic acids is 6. The molecule has 3 aliphatic rings. The van der Waals surface area contributed by atoms with Crippen molar-refractivity contribution in [3.05, 3.63) is 61.2 Å². The van der Waals surface area contributed by atoms with Gasteiger partial charge in [0.15, 0.2) is 0 Å². The molecule has 51 heavy (non-hydrogen) atoms. The van der Waals surface area contributed by atoms with E-state index in [4.69, 9.17) is 9.47 Å². The Morgan fingerprint density at radius 2 is 1.67 bits per heavy atom. The van der Waals surface area contributed by atoms with Crippen LogP contribution >= 0.6 is 0 Å². The Morgan fingerprint density at radius 1 is 1.00 bits per heavy atom. The smallest absolute Gasteiger partial charge is 0.410 e. The van der Waals surface area contributed by atoms with Crippen LogP contribution in [0.1, 0.15) is 65.9 Å². The fourth-order valence-electron chi connectivity index (χ4n) is 7.25. The summed E-state index contributed by atoms with van der Waals surface area (Å²) < 4.78 is 11.0. The maximum atomic E-state index is 14.5. The van der Waals surface area contributed by atoms with E-state index in [-0.39, 0.29) is 49.3 Å². The largest absolute Gasteiger partial charge is 0.445 e. The zero-order chi connectivity index (χ0) is 37.5. The number of carbonyl (C=O) groups is 6. The van der Waals surface area contributed by atoms with Crippen molar-refractivity contribution in [2.75, 3.05) is 26.2 Å². The number of piperidine rings is 2. The van der Waals surface area contributed by atoms with Crippen LogP contribution in [0.15, 0.2) is 55.6 Å². The molecule has 3 N–H and O–H groups in total. The Labute approximate surface area is 300 Å². The minimum Gasteiger partial charge on any atom is -0.445 e. The van der Waals surface area contributed by atoms with Crippen molar-refractivity contribution >= 4 is 35.7 Å². The van der Waals surface area contributed by atoms with E-state index in [1.165, 1.54) is 11.0 Å².